The monoisotopic (exact) mass is 362 g/mol. The van der Waals surface area contributed by atoms with E-state index >= 15 is 0 Å². The normalized spacial score (nSPS) is 9.96. The predicted octanol–water partition coefficient (Wildman–Crippen LogP) is -10.5. The van der Waals surface area contributed by atoms with E-state index in [1.54, 1.807) is 0 Å². The Morgan fingerprint density at radius 1 is 0.870 bits per heavy atom. The summed E-state index contributed by atoms with van der Waals surface area (Å²) in [5.41, 5.74) is -1.51. The maximum Gasteiger partial charge on any atom is 1.00 e. The van der Waals surface area contributed by atoms with Gasteiger partial charge in [-0.3, -0.25) is 0 Å². The van der Waals surface area contributed by atoms with Crippen molar-refractivity contribution in [3.05, 3.63) is 41.5 Å². The third-order valence-corrected chi connectivity index (χ3v) is 3.58. The molecule has 23 heavy (non-hydrogen) atoms. The van der Waals surface area contributed by atoms with Gasteiger partial charge in [-0.25, -0.2) is 8.42 Å². The molecule has 0 fully saturated rings. The van der Waals surface area contributed by atoms with E-state index in [1.165, 1.54) is 12.1 Å². The number of carbonyl (C=O) groups excluding carboxylic acids is 2. The Morgan fingerprint density at radius 2 is 1.43 bits per heavy atom. The minimum atomic E-state index is -5.10. The van der Waals surface area contributed by atoms with E-state index in [1.807, 2.05) is 0 Å². The minimum Gasteiger partial charge on any atom is -0.744 e. The number of benzene rings is 2. The van der Waals surface area contributed by atoms with E-state index in [9.17, 15) is 32.8 Å². The Hall–Kier alpha value is 0.550. The molecule has 0 atom stereocenters. The summed E-state index contributed by atoms with van der Waals surface area (Å²) in [4.78, 5) is 21.1. The maximum atomic E-state index is 11.1. The zero-order chi connectivity index (χ0) is 15.1. The molecule has 7 nitrogen and oxygen atoms in total. The second-order valence-electron chi connectivity index (χ2n) is 3.87. The van der Waals surface area contributed by atoms with Crippen molar-refractivity contribution in [2.45, 2.75) is 4.90 Å². The predicted molar refractivity (Wildman–Crippen MR) is 60.6 cm³/mol. The van der Waals surface area contributed by atoms with Crippen molar-refractivity contribution in [2.24, 2.45) is 0 Å². The third-order valence-electron chi connectivity index (χ3n) is 2.70. The number of carbonyl (C=O) groups is 2. The van der Waals surface area contributed by atoms with Gasteiger partial charge >= 0.3 is 88.7 Å². The summed E-state index contributed by atoms with van der Waals surface area (Å²) >= 11 is 0. The summed E-state index contributed by atoms with van der Waals surface area (Å²) in [5, 5.41) is 21.9. The largest absolute Gasteiger partial charge is 1.00 e. The van der Waals surface area contributed by atoms with Gasteiger partial charge < -0.3 is 24.4 Å². The minimum absolute atomic E-state index is 0. The van der Waals surface area contributed by atoms with Crippen LogP contribution in [0.3, 0.4) is 0 Å². The fourth-order valence-electron chi connectivity index (χ4n) is 1.94. The summed E-state index contributed by atoms with van der Waals surface area (Å²) in [5.74, 6) is -3.66. The first-order valence-electron chi connectivity index (χ1n) is 5.18. The van der Waals surface area contributed by atoms with E-state index < -0.39 is 43.5 Å². The van der Waals surface area contributed by atoms with Gasteiger partial charge in [0.15, 0.2) is 0 Å². The van der Waals surface area contributed by atoms with Crippen molar-refractivity contribution in [1.29, 1.82) is 0 Å². The van der Waals surface area contributed by atoms with Crippen LogP contribution in [0.2, 0.25) is 0 Å². The van der Waals surface area contributed by atoms with Gasteiger partial charge in [0.05, 0.1) is 16.8 Å². The fraction of sp³-hybridized carbons (Fsp3) is 0. The second kappa shape index (κ2) is 9.88. The van der Waals surface area contributed by atoms with Crippen molar-refractivity contribution < 1.29 is 121 Å². The summed E-state index contributed by atoms with van der Waals surface area (Å²) < 4.78 is 33.2. The van der Waals surface area contributed by atoms with Crippen LogP contribution in [0, 0.1) is 0 Å². The Morgan fingerprint density at radius 3 is 1.87 bits per heavy atom. The van der Waals surface area contributed by atoms with Gasteiger partial charge in [0.1, 0.15) is 10.1 Å². The number of hydrogen-bond acceptors (Lipinski definition) is 7. The number of carboxylic acid groups (broad SMARTS) is 2. The topological polar surface area (TPSA) is 137 Å². The van der Waals surface area contributed by atoms with Crippen LogP contribution in [0.25, 0.3) is 10.8 Å². The number of carboxylic acids is 2. The van der Waals surface area contributed by atoms with Gasteiger partial charge in [-0.2, -0.15) is 0 Å². The standard InChI is InChI=1S/C12H8O7S.3Na/c13-11(14)7-3-1-2-6-4-5-8(20(17,18)19)10(9(6)7)12(15)16;;;/h1-5H,(H,13,14)(H,15,16)(H,17,18,19);;;/q;3*+1/p-3. The first-order valence-corrected chi connectivity index (χ1v) is 6.58. The van der Waals surface area contributed by atoms with Gasteiger partial charge in [0.2, 0.25) is 0 Å². The molecule has 2 rings (SSSR count). The first kappa shape index (κ1) is 25.8. The number of fused-ring (bicyclic) bond motifs is 1. The molecule has 104 valence electrons. The molecule has 0 aromatic heterocycles. The molecule has 0 heterocycles. The van der Waals surface area contributed by atoms with E-state index in [4.69, 9.17) is 0 Å². The molecule has 0 N–H and O–H groups in total. The summed E-state index contributed by atoms with van der Waals surface area (Å²) in [6, 6.07) is 5.69. The SMILES string of the molecule is O=C([O-])c1cccc2ccc(S(=O)(=O)[O-])c(C(=O)[O-])c12.[Na+].[Na+].[Na+]. The molecule has 0 aliphatic carbocycles. The Bertz CT molecular complexity index is 849. The number of aromatic carboxylic acids is 2. The van der Waals surface area contributed by atoms with Crippen LogP contribution < -0.4 is 98.9 Å². The van der Waals surface area contributed by atoms with Crippen LogP contribution in [0.4, 0.5) is 0 Å². The fourth-order valence-corrected chi connectivity index (χ4v) is 2.61. The Balaban J connectivity index is 0. The zero-order valence-corrected chi connectivity index (χ0v) is 19.5. The van der Waals surface area contributed by atoms with Crippen molar-refractivity contribution in [3.63, 3.8) is 0 Å². The van der Waals surface area contributed by atoms with Gasteiger partial charge in [-0.15, -0.1) is 0 Å². The van der Waals surface area contributed by atoms with E-state index in [0.717, 1.165) is 18.2 Å². The third kappa shape index (κ3) is 5.52. The van der Waals surface area contributed by atoms with E-state index in [-0.39, 0.29) is 94.1 Å². The molecule has 0 radical (unpaired) electrons. The van der Waals surface area contributed by atoms with Gasteiger partial charge in [-0.1, -0.05) is 24.3 Å². The molecular weight excluding hydrogens is 357 g/mol. The van der Waals surface area contributed by atoms with Crippen LogP contribution in [0.1, 0.15) is 20.7 Å². The van der Waals surface area contributed by atoms with Crippen LogP contribution in [0.15, 0.2) is 35.2 Å². The summed E-state index contributed by atoms with van der Waals surface area (Å²) in [6.07, 6.45) is 0. The van der Waals surface area contributed by atoms with E-state index in [2.05, 4.69) is 0 Å². The van der Waals surface area contributed by atoms with Crippen LogP contribution >= 0.6 is 0 Å². The second-order valence-corrected chi connectivity index (χ2v) is 5.22. The van der Waals surface area contributed by atoms with Crippen molar-refractivity contribution in [3.8, 4) is 0 Å². The van der Waals surface area contributed by atoms with Crippen LogP contribution in [-0.2, 0) is 10.1 Å². The summed E-state index contributed by atoms with van der Waals surface area (Å²) in [6.45, 7) is 0. The van der Waals surface area contributed by atoms with Gasteiger partial charge in [-0.05, 0) is 11.5 Å². The number of hydrogen-bond donors (Lipinski definition) is 0. The van der Waals surface area contributed by atoms with Crippen molar-refractivity contribution in [1.82, 2.24) is 0 Å². The zero-order valence-electron chi connectivity index (χ0n) is 12.7. The average Bonchev–Trinajstić information content (AvgIpc) is 2.34. The van der Waals surface area contributed by atoms with Crippen LogP contribution in [-0.4, -0.2) is 24.9 Å². The molecule has 0 unspecified atom stereocenters. The number of rotatable bonds is 3. The summed E-state index contributed by atoms with van der Waals surface area (Å²) in [7, 11) is -5.10. The molecule has 0 spiro atoms. The molecule has 0 aliphatic rings. The quantitative estimate of drug-likeness (QED) is 0.390. The Labute approximate surface area is 198 Å². The van der Waals surface area contributed by atoms with E-state index in [0.29, 0.717) is 0 Å². The molecule has 0 aliphatic heterocycles. The van der Waals surface area contributed by atoms with Gasteiger partial charge in [0.25, 0.3) is 0 Å². The van der Waals surface area contributed by atoms with Crippen LogP contribution in [0.5, 0.6) is 0 Å². The molecule has 2 aromatic rings. The molecule has 11 heteroatoms. The van der Waals surface area contributed by atoms with Crippen molar-refractivity contribution in [2.75, 3.05) is 0 Å². The molecule has 0 bridgehead atoms. The molecular formula is C12H5Na3O7S. The Kier molecular flexibility index (Phi) is 11.1. The van der Waals surface area contributed by atoms with Crippen molar-refractivity contribution >= 4 is 32.8 Å². The average molecular weight is 362 g/mol. The first-order chi connectivity index (χ1) is 9.23. The maximum absolute atomic E-state index is 11.1. The molecule has 0 amide bonds. The van der Waals surface area contributed by atoms with Gasteiger partial charge in [0, 0.05) is 16.5 Å². The molecule has 0 saturated carbocycles. The molecule has 2 aromatic carbocycles. The smallest absolute Gasteiger partial charge is 0.744 e. The molecule has 0 saturated heterocycles.